The van der Waals surface area contributed by atoms with Gasteiger partial charge in [-0.15, -0.1) is 10.2 Å². The third-order valence-electron chi connectivity index (χ3n) is 7.53. The van der Waals surface area contributed by atoms with E-state index >= 15 is 0 Å². The SMILES string of the molecule is Cc1nnc2n1-c1ccccc1N(CCCN1CCC(=C(c3ccccc3)c3ccccc3)CC1)C2. The van der Waals surface area contributed by atoms with Crippen LogP contribution in [0.15, 0.2) is 90.5 Å². The van der Waals surface area contributed by atoms with Crippen molar-refractivity contribution in [2.45, 2.75) is 32.7 Å². The number of aryl methyl sites for hydroxylation is 1. The summed E-state index contributed by atoms with van der Waals surface area (Å²) in [6.45, 7) is 7.27. The first-order valence-electron chi connectivity index (χ1n) is 13.1. The second-order valence-corrected chi connectivity index (χ2v) is 9.81. The summed E-state index contributed by atoms with van der Waals surface area (Å²) >= 11 is 0. The zero-order chi connectivity index (χ0) is 24.3. The van der Waals surface area contributed by atoms with Gasteiger partial charge in [0.2, 0.25) is 0 Å². The standard InChI is InChI=1S/C31H33N5/c1-24-32-33-30-23-35(28-15-8-9-16-29(28)36(24)30)20-10-19-34-21-17-27(18-22-34)31(25-11-4-2-5-12-25)26-13-6-3-7-14-26/h2-9,11-16H,10,17-23H2,1H3. The van der Waals surface area contributed by atoms with Gasteiger partial charge >= 0.3 is 0 Å². The lowest BCUT2D eigenvalue weighted by Crippen LogP contribution is -2.35. The number of anilines is 1. The Balaban J connectivity index is 1.11. The Morgan fingerprint density at radius 2 is 1.33 bits per heavy atom. The first-order chi connectivity index (χ1) is 17.8. The Kier molecular flexibility index (Phi) is 6.39. The molecule has 3 aromatic carbocycles. The van der Waals surface area contributed by atoms with E-state index in [1.807, 2.05) is 6.92 Å². The second-order valence-electron chi connectivity index (χ2n) is 9.81. The van der Waals surface area contributed by atoms with E-state index in [1.54, 1.807) is 5.57 Å². The molecule has 5 nitrogen and oxygen atoms in total. The largest absolute Gasteiger partial charge is 0.362 e. The van der Waals surface area contributed by atoms with Crippen molar-refractivity contribution in [3.63, 3.8) is 0 Å². The second kappa shape index (κ2) is 10.1. The van der Waals surface area contributed by atoms with Gasteiger partial charge in [-0.2, -0.15) is 0 Å². The van der Waals surface area contributed by atoms with Crippen LogP contribution < -0.4 is 4.90 Å². The number of benzene rings is 3. The molecule has 3 heterocycles. The van der Waals surface area contributed by atoms with Crippen LogP contribution in [-0.2, 0) is 6.54 Å². The molecule has 36 heavy (non-hydrogen) atoms. The summed E-state index contributed by atoms with van der Waals surface area (Å²) in [5.74, 6) is 1.99. The smallest absolute Gasteiger partial charge is 0.157 e. The van der Waals surface area contributed by atoms with Gasteiger partial charge in [-0.25, -0.2) is 0 Å². The fourth-order valence-electron chi connectivity index (χ4n) is 5.76. The predicted molar refractivity (Wildman–Crippen MR) is 146 cm³/mol. The minimum atomic E-state index is 0.822. The topological polar surface area (TPSA) is 37.2 Å². The van der Waals surface area contributed by atoms with Gasteiger partial charge in [0.15, 0.2) is 5.82 Å². The van der Waals surface area contributed by atoms with Crippen LogP contribution in [-0.4, -0.2) is 45.8 Å². The van der Waals surface area contributed by atoms with E-state index in [0.717, 1.165) is 63.6 Å². The summed E-state index contributed by atoms with van der Waals surface area (Å²) in [4.78, 5) is 5.11. The highest BCUT2D eigenvalue weighted by molar-refractivity contribution is 5.82. The van der Waals surface area contributed by atoms with Crippen molar-refractivity contribution in [2.75, 3.05) is 31.1 Å². The van der Waals surface area contributed by atoms with Crippen molar-refractivity contribution in [3.8, 4) is 5.69 Å². The molecule has 0 bridgehead atoms. The maximum absolute atomic E-state index is 4.43. The van der Waals surface area contributed by atoms with Crippen LogP contribution >= 0.6 is 0 Å². The molecule has 4 aromatic rings. The van der Waals surface area contributed by atoms with Crippen LogP contribution in [0.5, 0.6) is 0 Å². The minimum Gasteiger partial charge on any atom is -0.362 e. The number of fused-ring (bicyclic) bond motifs is 3. The van der Waals surface area contributed by atoms with E-state index in [4.69, 9.17) is 0 Å². The highest BCUT2D eigenvalue weighted by Crippen LogP contribution is 2.33. The molecule has 1 fully saturated rings. The number of aromatic nitrogens is 3. The molecule has 0 unspecified atom stereocenters. The van der Waals surface area contributed by atoms with Crippen molar-refractivity contribution >= 4 is 11.3 Å². The number of hydrogen-bond acceptors (Lipinski definition) is 4. The number of para-hydroxylation sites is 2. The van der Waals surface area contributed by atoms with Crippen molar-refractivity contribution in [2.24, 2.45) is 0 Å². The van der Waals surface area contributed by atoms with E-state index in [-0.39, 0.29) is 0 Å². The average Bonchev–Trinajstić information content (AvgIpc) is 3.31. The number of hydrogen-bond donors (Lipinski definition) is 0. The molecule has 0 N–H and O–H groups in total. The highest BCUT2D eigenvalue weighted by Gasteiger charge is 2.25. The van der Waals surface area contributed by atoms with Gasteiger partial charge < -0.3 is 9.80 Å². The van der Waals surface area contributed by atoms with Gasteiger partial charge in [-0.3, -0.25) is 4.57 Å². The summed E-state index contributed by atoms with van der Waals surface area (Å²) in [5, 5.41) is 8.76. The van der Waals surface area contributed by atoms with E-state index < -0.39 is 0 Å². The highest BCUT2D eigenvalue weighted by atomic mass is 15.3. The maximum atomic E-state index is 4.43. The minimum absolute atomic E-state index is 0.822. The molecule has 0 atom stereocenters. The molecule has 0 spiro atoms. The summed E-state index contributed by atoms with van der Waals surface area (Å²) in [5.41, 5.74) is 8.16. The third-order valence-corrected chi connectivity index (χ3v) is 7.53. The quantitative estimate of drug-likeness (QED) is 0.349. The van der Waals surface area contributed by atoms with Crippen LogP contribution in [0, 0.1) is 6.92 Å². The van der Waals surface area contributed by atoms with Gasteiger partial charge in [-0.05, 0) is 61.6 Å². The van der Waals surface area contributed by atoms with Crippen molar-refractivity contribution < 1.29 is 0 Å². The Morgan fingerprint density at radius 1 is 0.722 bits per heavy atom. The molecule has 182 valence electrons. The predicted octanol–water partition coefficient (Wildman–Crippen LogP) is 5.88. The molecule has 0 aliphatic carbocycles. The molecule has 2 aliphatic heterocycles. The monoisotopic (exact) mass is 475 g/mol. The van der Waals surface area contributed by atoms with Crippen LogP contribution in [0.1, 0.15) is 42.0 Å². The van der Waals surface area contributed by atoms with Crippen molar-refractivity contribution in [1.29, 1.82) is 0 Å². The molecule has 1 aromatic heterocycles. The Bertz CT molecular complexity index is 1300. The molecule has 0 amide bonds. The lowest BCUT2D eigenvalue weighted by molar-refractivity contribution is 0.254. The number of piperidine rings is 1. The molecule has 2 aliphatic rings. The lowest BCUT2D eigenvalue weighted by Gasteiger charge is -2.33. The van der Waals surface area contributed by atoms with Gasteiger partial charge in [0.25, 0.3) is 0 Å². The normalized spacial score (nSPS) is 15.5. The van der Waals surface area contributed by atoms with E-state index in [1.165, 1.54) is 28.1 Å². The van der Waals surface area contributed by atoms with Crippen molar-refractivity contribution in [1.82, 2.24) is 19.7 Å². The Hall–Kier alpha value is -3.70. The van der Waals surface area contributed by atoms with Crippen LogP contribution in [0.2, 0.25) is 0 Å². The van der Waals surface area contributed by atoms with Crippen molar-refractivity contribution in [3.05, 3.63) is 113 Å². The molecule has 5 heteroatoms. The third kappa shape index (κ3) is 4.47. The fraction of sp³-hybridized carbons (Fsp3) is 0.290. The first kappa shape index (κ1) is 22.7. The van der Waals surface area contributed by atoms with Gasteiger partial charge in [0.05, 0.1) is 17.9 Å². The van der Waals surface area contributed by atoms with Crippen LogP contribution in [0.25, 0.3) is 11.3 Å². The molecule has 6 rings (SSSR count). The Labute approximate surface area is 213 Å². The van der Waals surface area contributed by atoms with Crippen LogP contribution in [0.4, 0.5) is 5.69 Å². The summed E-state index contributed by atoms with van der Waals surface area (Å²) in [6.07, 6.45) is 3.41. The number of nitrogens with zero attached hydrogens (tertiary/aromatic N) is 5. The first-order valence-corrected chi connectivity index (χ1v) is 13.1. The fourth-order valence-corrected chi connectivity index (χ4v) is 5.76. The van der Waals surface area contributed by atoms with Gasteiger partial charge in [0.1, 0.15) is 5.82 Å². The van der Waals surface area contributed by atoms with Crippen LogP contribution in [0.3, 0.4) is 0 Å². The number of rotatable bonds is 6. The number of likely N-dealkylation sites (tertiary alicyclic amines) is 1. The molecule has 0 saturated carbocycles. The van der Waals surface area contributed by atoms with Gasteiger partial charge in [0, 0.05) is 19.6 Å². The average molecular weight is 476 g/mol. The summed E-state index contributed by atoms with van der Waals surface area (Å²) in [6, 6.07) is 30.4. The summed E-state index contributed by atoms with van der Waals surface area (Å²) in [7, 11) is 0. The van der Waals surface area contributed by atoms with Gasteiger partial charge in [-0.1, -0.05) is 78.4 Å². The molecule has 0 radical (unpaired) electrons. The Morgan fingerprint density at radius 3 is 2.00 bits per heavy atom. The van der Waals surface area contributed by atoms with E-state index in [9.17, 15) is 0 Å². The van der Waals surface area contributed by atoms with E-state index in [2.05, 4.69) is 109 Å². The maximum Gasteiger partial charge on any atom is 0.157 e. The molecule has 1 saturated heterocycles. The molecular weight excluding hydrogens is 442 g/mol. The molecular formula is C31H33N5. The summed E-state index contributed by atoms with van der Waals surface area (Å²) < 4.78 is 2.20. The van der Waals surface area contributed by atoms with E-state index in [0.29, 0.717) is 0 Å². The zero-order valence-electron chi connectivity index (χ0n) is 21.0. The lowest BCUT2D eigenvalue weighted by atomic mass is 9.88. The zero-order valence-corrected chi connectivity index (χ0v) is 21.0.